The fraction of sp³-hybridized carbons (Fsp3) is 0.0833. The average molecular weight is 434 g/mol. The third-order valence-electron chi connectivity index (χ3n) is 4.83. The van der Waals surface area contributed by atoms with Crippen LogP contribution in [0.1, 0.15) is 37.4 Å². The molecular weight excluding hydrogens is 418 g/mol. The summed E-state index contributed by atoms with van der Waals surface area (Å²) >= 11 is 5.81. The normalized spacial score (nSPS) is 12.0. The molecule has 0 saturated carbocycles. The Bertz CT molecular complexity index is 1220. The van der Waals surface area contributed by atoms with Gasteiger partial charge in [0.05, 0.1) is 6.42 Å². The van der Waals surface area contributed by atoms with Crippen LogP contribution in [0.4, 0.5) is 5.69 Å². The van der Waals surface area contributed by atoms with Crippen LogP contribution in [-0.2, 0) is 20.7 Å². The molecule has 31 heavy (non-hydrogen) atoms. The zero-order valence-electron chi connectivity index (χ0n) is 16.2. The van der Waals surface area contributed by atoms with Crippen LogP contribution in [-0.4, -0.2) is 30.0 Å². The molecule has 0 aliphatic heterocycles. The van der Waals surface area contributed by atoms with Crippen LogP contribution < -0.4 is 5.32 Å². The van der Waals surface area contributed by atoms with Crippen molar-refractivity contribution < 1.29 is 23.9 Å². The number of hydrogen-bond donors (Lipinski definition) is 1. The van der Waals surface area contributed by atoms with Gasteiger partial charge in [0.25, 0.3) is 5.91 Å². The standard InChI is InChI=1S/C24H16ClNO5/c25-15-7-5-14(6-8-15)11-22(28)31-13-21(27)26-16-9-10-19-20(12-16)24(30)18-4-2-1-3-17(18)23(19)29/h1-10,12H,11,13H2,(H,26,27). The maximum Gasteiger partial charge on any atom is 0.310 e. The number of fused-ring (bicyclic) bond motifs is 2. The minimum Gasteiger partial charge on any atom is -0.455 e. The lowest BCUT2D eigenvalue weighted by molar-refractivity contribution is -0.146. The summed E-state index contributed by atoms with van der Waals surface area (Å²) in [7, 11) is 0. The number of anilines is 1. The van der Waals surface area contributed by atoms with E-state index in [0.29, 0.717) is 27.4 Å². The largest absolute Gasteiger partial charge is 0.455 e. The molecule has 154 valence electrons. The van der Waals surface area contributed by atoms with Crippen LogP contribution in [0.25, 0.3) is 0 Å². The monoisotopic (exact) mass is 433 g/mol. The van der Waals surface area contributed by atoms with Crippen LogP contribution in [0.5, 0.6) is 0 Å². The van der Waals surface area contributed by atoms with Crippen LogP contribution in [0, 0.1) is 0 Å². The molecule has 0 fully saturated rings. The number of nitrogens with one attached hydrogen (secondary N) is 1. The molecule has 6 nitrogen and oxygen atoms in total. The minimum absolute atomic E-state index is 0.0132. The van der Waals surface area contributed by atoms with Crippen LogP contribution >= 0.6 is 11.6 Å². The van der Waals surface area contributed by atoms with Crippen molar-refractivity contribution in [1.29, 1.82) is 0 Å². The summed E-state index contributed by atoms with van der Waals surface area (Å²) in [6.07, 6.45) is 0.0132. The predicted molar refractivity (Wildman–Crippen MR) is 114 cm³/mol. The van der Waals surface area contributed by atoms with Gasteiger partial charge in [-0.2, -0.15) is 0 Å². The van der Waals surface area contributed by atoms with Crippen molar-refractivity contribution in [3.63, 3.8) is 0 Å². The highest BCUT2D eigenvalue weighted by atomic mass is 35.5. The Morgan fingerprint density at radius 2 is 1.42 bits per heavy atom. The fourth-order valence-corrected chi connectivity index (χ4v) is 3.47. The van der Waals surface area contributed by atoms with Gasteiger partial charge < -0.3 is 10.1 Å². The highest BCUT2D eigenvalue weighted by molar-refractivity contribution is 6.30. The van der Waals surface area contributed by atoms with E-state index in [0.717, 1.165) is 0 Å². The quantitative estimate of drug-likeness (QED) is 0.483. The molecular formula is C24H16ClNO5. The van der Waals surface area contributed by atoms with E-state index in [2.05, 4.69) is 5.32 Å². The number of amides is 1. The topological polar surface area (TPSA) is 89.5 Å². The maximum atomic E-state index is 12.8. The summed E-state index contributed by atoms with van der Waals surface area (Å²) in [5.41, 5.74) is 2.26. The van der Waals surface area contributed by atoms with Gasteiger partial charge in [-0.05, 0) is 35.9 Å². The first-order chi connectivity index (χ1) is 14.9. The first kappa shape index (κ1) is 20.5. The zero-order valence-corrected chi connectivity index (χ0v) is 16.9. The van der Waals surface area contributed by atoms with E-state index in [4.69, 9.17) is 16.3 Å². The summed E-state index contributed by atoms with van der Waals surface area (Å²) in [6.45, 7) is -0.473. The fourth-order valence-electron chi connectivity index (χ4n) is 3.34. The second-order valence-electron chi connectivity index (χ2n) is 6.98. The Hall–Kier alpha value is -3.77. The average Bonchev–Trinajstić information content (AvgIpc) is 2.77. The summed E-state index contributed by atoms with van der Waals surface area (Å²) in [5, 5.41) is 3.14. The number of carbonyl (C=O) groups is 4. The van der Waals surface area contributed by atoms with E-state index >= 15 is 0 Å². The van der Waals surface area contributed by atoms with E-state index in [1.807, 2.05) is 0 Å². The van der Waals surface area contributed by atoms with Crippen molar-refractivity contribution in [2.75, 3.05) is 11.9 Å². The number of ether oxygens (including phenoxy) is 1. The molecule has 1 N–H and O–H groups in total. The molecule has 0 spiro atoms. The number of halogens is 1. The lowest BCUT2D eigenvalue weighted by Crippen LogP contribution is -2.23. The molecule has 1 aliphatic carbocycles. The van der Waals surface area contributed by atoms with Crippen LogP contribution in [0.2, 0.25) is 5.02 Å². The third-order valence-corrected chi connectivity index (χ3v) is 5.09. The molecule has 0 bridgehead atoms. The first-order valence-electron chi connectivity index (χ1n) is 9.45. The summed E-state index contributed by atoms with van der Waals surface area (Å²) < 4.78 is 5.00. The van der Waals surface area contributed by atoms with Gasteiger partial charge in [0.2, 0.25) is 0 Å². The molecule has 3 aromatic carbocycles. The summed E-state index contributed by atoms with van der Waals surface area (Å²) in [4.78, 5) is 49.5. The molecule has 0 radical (unpaired) electrons. The first-order valence-corrected chi connectivity index (χ1v) is 9.82. The van der Waals surface area contributed by atoms with Crippen LogP contribution in [0.3, 0.4) is 0 Å². The van der Waals surface area contributed by atoms with Crippen LogP contribution in [0.15, 0.2) is 66.7 Å². The Kier molecular flexibility index (Phi) is 5.64. The Morgan fingerprint density at radius 3 is 2.10 bits per heavy atom. The number of benzene rings is 3. The van der Waals surface area contributed by atoms with Crippen molar-refractivity contribution in [2.45, 2.75) is 6.42 Å². The maximum absolute atomic E-state index is 12.8. The molecule has 0 atom stereocenters. The van der Waals surface area contributed by atoms with E-state index in [-0.39, 0.29) is 29.1 Å². The Balaban J connectivity index is 1.39. The lowest BCUT2D eigenvalue weighted by Gasteiger charge is -2.18. The number of rotatable bonds is 5. The van der Waals surface area contributed by atoms with Gasteiger partial charge in [0.15, 0.2) is 18.2 Å². The Morgan fingerprint density at radius 1 is 0.806 bits per heavy atom. The molecule has 3 aromatic rings. The van der Waals surface area contributed by atoms with E-state index in [9.17, 15) is 19.2 Å². The second kappa shape index (κ2) is 8.53. The van der Waals surface area contributed by atoms with Crippen molar-refractivity contribution in [1.82, 2.24) is 0 Å². The summed E-state index contributed by atoms with van der Waals surface area (Å²) in [5.74, 6) is -1.63. The van der Waals surface area contributed by atoms with E-state index in [1.54, 1.807) is 48.5 Å². The highest BCUT2D eigenvalue weighted by Gasteiger charge is 2.29. The van der Waals surface area contributed by atoms with Gasteiger partial charge in [-0.15, -0.1) is 0 Å². The van der Waals surface area contributed by atoms with Crippen molar-refractivity contribution >= 4 is 40.7 Å². The van der Waals surface area contributed by atoms with Gasteiger partial charge >= 0.3 is 5.97 Å². The third kappa shape index (κ3) is 4.39. The predicted octanol–water partition coefficient (Wildman–Crippen LogP) is 3.84. The van der Waals surface area contributed by atoms with Gasteiger partial charge in [-0.1, -0.05) is 48.0 Å². The Labute approximate surface area is 182 Å². The lowest BCUT2D eigenvalue weighted by atomic mass is 9.84. The van der Waals surface area contributed by atoms with Gasteiger partial charge in [-0.25, -0.2) is 0 Å². The highest BCUT2D eigenvalue weighted by Crippen LogP contribution is 2.29. The van der Waals surface area contributed by atoms with Crippen molar-refractivity contribution in [3.8, 4) is 0 Å². The number of esters is 1. The number of hydrogen-bond acceptors (Lipinski definition) is 5. The molecule has 7 heteroatoms. The molecule has 0 unspecified atom stereocenters. The van der Waals surface area contributed by atoms with Gasteiger partial charge in [0.1, 0.15) is 0 Å². The molecule has 0 aromatic heterocycles. The van der Waals surface area contributed by atoms with Crippen molar-refractivity contribution in [2.24, 2.45) is 0 Å². The van der Waals surface area contributed by atoms with Gasteiger partial charge in [-0.3, -0.25) is 19.2 Å². The molecule has 4 rings (SSSR count). The molecule has 1 aliphatic rings. The molecule has 1 amide bonds. The zero-order chi connectivity index (χ0) is 22.0. The second-order valence-corrected chi connectivity index (χ2v) is 7.41. The molecule has 0 saturated heterocycles. The smallest absolute Gasteiger partial charge is 0.310 e. The minimum atomic E-state index is -0.556. The number of carbonyl (C=O) groups excluding carboxylic acids is 4. The van der Waals surface area contributed by atoms with E-state index in [1.165, 1.54) is 18.2 Å². The number of ketones is 2. The summed E-state index contributed by atoms with van der Waals surface area (Å²) in [6, 6.07) is 17.8. The van der Waals surface area contributed by atoms with Crippen molar-refractivity contribution in [3.05, 3.63) is 99.6 Å². The van der Waals surface area contributed by atoms with E-state index < -0.39 is 18.5 Å². The molecule has 0 heterocycles. The SMILES string of the molecule is O=C(COC(=O)Cc1ccc(Cl)cc1)Nc1ccc2c(c1)C(=O)c1ccccc1C2=O. The van der Waals surface area contributed by atoms with Gasteiger partial charge in [0, 0.05) is 33.0 Å².